The van der Waals surface area contributed by atoms with Gasteiger partial charge in [0, 0.05) is 0 Å². The van der Waals surface area contributed by atoms with Gasteiger partial charge in [0.15, 0.2) is 17.2 Å². The number of hydrogen-bond donors (Lipinski definition) is 0. The van der Waals surface area contributed by atoms with Gasteiger partial charge in [-0.25, -0.2) is 14.2 Å². The number of ether oxygens (including phenoxy) is 3. The first-order valence-corrected chi connectivity index (χ1v) is 9.48. The number of aliphatic imine (C=N–C) groups is 1. The van der Waals surface area contributed by atoms with Gasteiger partial charge in [-0.3, -0.25) is 0 Å². The lowest BCUT2D eigenvalue weighted by Gasteiger charge is -2.13. The number of cyclic esters (lactones) is 1. The van der Waals surface area contributed by atoms with Crippen LogP contribution in [0.1, 0.15) is 25.0 Å². The highest BCUT2D eigenvalue weighted by atomic mass is 127. The van der Waals surface area contributed by atoms with Crippen molar-refractivity contribution in [2.45, 2.75) is 13.8 Å². The highest BCUT2D eigenvalue weighted by Gasteiger charge is 2.26. The van der Waals surface area contributed by atoms with Gasteiger partial charge >= 0.3 is 5.97 Å². The third-order valence-electron chi connectivity index (χ3n) is 3.65. The van der Waals surface area contributed by atoms with E-state index in [1.54, 1.807) is 24.3 Å². The Kier molecular flexibility index (Phi) is 6.10. The van der Waals surface area contributed by atoms with Gasteiger partial charge < -0.3 is 14.2 Å². The molecule has 1 heterocycles. The molecule has 1 aliphatic rings. The summed E-state index contributed by atoms with van der Waals surface area (Å²) in [5.74, 6) is 0.0686. The molecular formula is C20H17FINO4. The quantitative estimate of drug-likeness (QED) is 0.345. The van der Waals surface area contributed by atoms with Gasteiger partial charge in [0.05, 0.1) is 22.3 Å². The van der Waals surface area contributed by atoms with E-state index in [1.807, 2.05) is 19.9 Å². The maximum atomic E-state index is 13.9. The first-order valence-electron chi connectivity index (χ1n) is 8.40. The Morgan fingerprint density at radius 1 is 1.19 bits per heavy atom. The average Bonchev–Trinajstić information content (AvgIpc) is 2.99. The largest absolute Gasteiger partial charge is 0.490 e. The molecule has 0 bridgehead atoms. The van der Waals surface area contributed by atoms with Gasteiger partial charge in [-0.15, -0.1) is 0 Å². The van der Waals surface area contributed by atoms with Crippen LogP contribution in [0.4, 0.5) is 4.39 Å². The first kappa shape index (κ1) is 19.3. The van der Waals surface area contributed by atoms with Crippen LogP contribution in [0, 0.1) is 9.39 Å². The van der Waals surface area contributed by atoms with Gasteiger partial charge in [-0.05, 0) is 72.3 Å². The summed E-state index contributed by atoms with van der Waals surface area (Å²) in [5.41, 5.74) is 0.943. The molecule has 3 rings (SSSR count). The zero-order valence-corrected chi connectivity index (χ0v) is 16.9. The van der Waals surface area contributed by atoms with Crippen LogP contribution in [-0.4, -0.2) is 25.1 Å². The molecule has 0 aromatic heterocycles. The van der Waals surface area contributed by atoms with Gasteiger partial charge in [0.25, 0.3) is 0 Å². The molecule has 140 valence electrons. The lowest BCUT2D eigenvalue weighted by molar-refractivity contribution is -0.129. The number of esters is 1. The minimum Gasteiger partial charge on any atom is -0.490 e. The van der Waals surface area contributed by atoms with E-state index in [2.05, 4.69) is 27.6 Å². The van der Waals surface area contributed by atoms with Crippen molar-refractivity contribution in [1.29, 1.82) is 0 Å². The van der Waals surface area contributed by atoms with Crippen LogP contribution >= 0.6 is 22.6 Å². The smallest absolute Gasteiger partial charge is 0.363 e. The molecular weight excluding hydrogens is 464 g/mol. The summed E-state index contributed by atoms with van der Waals surface area (Å²) >= 11 is 2.15. The Balaban J connectivity index is 1.98. The summed E-state index contributed by atoms with van der Waals surface area (Å²) in [6, 6.07) is 9.64. The van der Waals surface area contributed by atoms with Gasteiger partial charge in [0.2, 0.25) is 5.90 Å². The van der Waals surface area contributed by atoms with Crippen molar-refractivity contribution in [3.05, 3.63) is 62.6 Å². The second-order valence-electron chi connectivity index (χ2n) is 5.51. The minimum absolute atomic E-state index is 0.0463. The first-order chi connectivity index (χ1) is 13.0. The highest BCUT2D eigenvalue weighted by Crippen LogP contribution is 2.35. The van der Waals surface area contributed by atoms with E-state index in [4.69, 9.17) is 14.2 Å². The Bertz CT molecular complexity index is 940. The molecule has 0 atom stereocenters. The second kappa shape index (κ2) is 8.51. The zero-order valence-electron chi connectivity index (χ0n) is 14.8. The van der Waals surface area contributed by atoms with E-state index in [-0.39, 0.29) is 17.2 Å². The van der Waals surface area contributed by atoms with Crippen molar-refractivity contribution < 1.29 is 23.4 Å². The number of halogens is 2. The van der Waals surface area contributed by atoms with Gasteiger partial charge in [-0.1, -0.05) is 12.1 Å². The van der Waals surface area contributed by atoms with Crippen LogP contribution < -0.4 is 9.47 Å². The number of carbonyl (C=O) groups is 1. The fourth-order valence-electron chi connectivity index (χ4n) is 2.54. The number of rotatable bonds is 6. The molecule has 2 aromatic carbocycles. The van der Waals surface area contributed by atoms with E-state index in [9.17, 15) is 9.18 Å². The Hall–Kier alpha value is -2.42. The van der Waals surface area contributed by atoms with Crippen molar-refractivity contribution in [3.8, 4) is 11.5 Å². The average molecular weight is 481 g/mol. The van der Waals surface area contributed by atoms with E-state index >= 15 is 0 Å². The van der Waals surface area contributed by atoms with Crippen molar-refractivity contribution in [3.63, 3.8) is 0 Å². The summed E-state index contributed by atoms with van der Waals surface area (Å²) in [5, 5.41) is 0. The van der Waals surface area contributed by atoms with E-state index < -0.39 is 11.8 Å². The van der Waals surface area contributed by atoms with Crippen molar-refractivity contribution in [2.24, 2.45) is 4.99 Å². The lowest BCUT2D eigenvalue weighted by Crippen LogP contribution is -2.07. The maximum absolute atomic E-state index is 13.9. The molecule has 0 N–H and O–H groups in total. The van der Waals surface area contributed by atoms with Crippen molar-refractivity contribution >= 4 is 40.5 Å². The molecule has 0 saturated carbocycles. The SMILES string of the molecule is CCOc1cc(/C=C2/N=C(c3ccccc3F)OC2=O)cc(I)c1OCC. The number of hydrogen-bond acceptors (Lipinski definition) is 5. The monoisotopic (exact) mass is 481 g/mol. The molecule has 0 radical (unpaired) electrons. The molecule has 0 fully saturated rings. The van der Waals surface area contributed by atoms with E-state index in [1.165, 1.54) is 12.1 Å². The summed E-state index contributed by atoms with van der Waals surface area (Å²) in [4.78, 5) is 16.3. The third-order valence-corrected chi connectivity index (χ3v) is 4.45. The van der Waals surface area contributed by atoms with Crippen LogP contribution in [0.2, 0.25) is 0 Å². The standard InChI is InChI=1S/C20H17FINO4/c1-3-25-17-11-12(9-15(22)18(17)26-4-2)10-16-20(24)27-19(23-16)13-7-5-6-8-14(13)21/h5-11H,3-4H2,1-2H3/b16-10+. The third kappa shape index (κ3) is 4.29. The van der Waals surface area contributed by atoms with Gasteiger partial charge in [0.1, 0.15) is 5.82 Å². The Morgan fingerprint density at radius 2 is 1.93 bits per heavy atom. The number of carbonyl (C=O) groups excluding carboxylic acids is 1. The number of benzene rings is 2. The molecule has 7 heteroatoms. The summed E-state index contributed by atoms with van der Waals surface area (Å²) in [6.45, 7) is 4.77. The molecule has 1 aliphatic heterocycles. The zero-order chi connectivity index (χ0) is 19.4. The summed E-state index contributed by atoms with van der Waals surface area (Å²) < 4.78 is 31.2. The highest BCUT2D eigenvalue weighted by molar-refractivity contribution is 14.1. The molecule has 0 aliphatic carbocycles. The molecule has 0 spiro atoms. The number of nitrogens with zero attached hydrogens (tertiary/aromatic N) is 1. The Morgan fingerprint density at radius 3 is 2.63 bits per heavy atom. The molecule has 27 heavy (non-hydrogen) atoms. The van der Waals surface area contributed by atoms with Crippen LogP contribution in [-0.2, 0) is 9.53 Å². The normalized spacial score (nSPS) is 14.9. The summed E-state index contributed by atoms with van der Waals surface area (Å²) in [6.07, 6.45) is 1.58. The lowest BCUT2D eigenvalue weighted by atomic mass is 10.1. The van der Waals surface area contributed by atoms with Crippen LogP contribution in [0.5, 0.6) is 11.5 Å². The topological polar surface area (TPSA) is 57.1 Å². The van der Waals surface area contributed by atoms with Crippen LogP contribution in [0.3, 0.4) is 0 Å². The minimum atomic E-state index is -0.630. The van der Waals surface area contributed by atoms with E-state index in [0.29, 0.717) is 30.3 Å². The molecule has 5 nitrogen and oxygen atoms in total. The fourth-order valence-corrected chi connectivity index (χ4v) is 3.32. The van der Waals surface area contributed by atoms with Crippen LogP contribution in [0.25, 0.3) is 6.08 Å². The fraction of sp³-hybridized carbons (Fsp3) is 0.200. The molecule has 0 saturated heterocycles. The predicted octanol–water partition coefficient (Wildman–Crippen LogP) is 4.57. The van der Waals surface area contributed by atoms with Crippen LogP contribution in [0.15, 0.2) is 47.1 Å². The van der Waals surface area contributed by atoms with Crippen molar-refractivity contribution in [2.75, 3.05) is 13.2 Å². The molecule has 0 unspecified atom stereocenters. The maximum Gasteiger partial charge on any atom is 0.363 e. The molecule has 2 aromatic rings. The summed E-state index contributed by atoms with van der Waals surface area (Å²) in [7, 11) is 0. The van der Waals surface area contributed by atoms with E-state index in [0.717, 1.165) is 3.57 Å². The molecule has 0 amide bonds. The Labute approximate surface area is 170 Å². The van der Waals surface area contributed by atoms with Gasteiger partial charge in [-0.2, -0.15) is 0 Å². The van der Waals surface area contributed by atoms with Crippen molar-refractivity contribution in [1.82, 2.24) is 0 Å². The second-order valence-corrected chi connectivity index (χ2v) is 6.67. The predicted molar refractivity (Wildman–Crippen MR) is 109 cm³/mol.